The van der Waals surface area contributed by atoms with E-state index in [4.69, 9.17) is 4.74 Å². The molecule has 30 heavy (non-hydrogen) atoms. The molecule has 3 rings (SSSR count). The van der Waals surface area contributed by atoms with Crippen LogP contribution in [0.2, 0.25) is 0 Å². The summed E-state index contributed by atoms with van der Waals surface area (Å²) in [6, 6.07) is -0.261. The van der Waals surface area contributed by atoms with Gasteiger partial charge in [0.05, 0.1) is 24.3 Å². The molecule has 162 valence electrons. The molecule has 10 heteroatoms. The molecule has 2 heterocycles. The Morgan fingerprint density at radius 3 is 2.37 bits per heavy atom. The van der Waals surface area contributed by atoms with Crippen molar-refractivity contribution < 1.29 is 19.4 Å². The van der Waals surface area contributed by atoms with Crippen molar-refractivity contribution >= 4 is 18.0 Å². The minimum Gasteiger partial charge on any atom is -0.465 e. The van der Waals surface area contributed by atoms with E-state index in [0.717, 1.165) is 5.56 Å². The molecule has 0 aromatic carbocycles. The third-order valence-electron chi connectivity index (χ3n) is 4.87. The molecule has 2 aromatic rings. The van der Waals surface area contributed by atoms with Gasteiger partial charge in [0.25, 0.3) is 0 Å². The number of rotatable bonds is 4. The van der Waals surface area contributed by atoms with Gasteiger partial charge in [-0.3, -0.25) is 14.6 Å². The minimum absolute atomic E-state index is 0.0363. The van der Waals surface area contributed by atoms with Gasteiger partial charge in [-0.05, 0) is 46.5 Å². The fourth-order valence-electron chi connectivity index (χ4n) is 3.54. The second kappa shape index (κ2) is 8.68. The summed E-state index contributed by atoms with van der Waals surface area (Å²) >= 11 is 0. The van der Waals surface area contributed by atoms with E-state index in [1.54, 1.807) is 17.1 Å². The summed E-state index contributed by atoms with van der Waals surface area (Å²) in [5.74, 6) is 0.290. The van der Waals surface area contributed by atoms with E-state index in [9.17, 15) is 14.7 Å². The van der Waals surface area contributed by atoms with Crippen LogP contribution >= 0.6 is 0 Å². The van der Waals surface area contributed by atoms with E-state index < -0.39 is 17.8 Å². The van der Waals surface area contributed by atoms with Crippen LogP contribution in [-0.4, -0.2) is 54.7 Å². The number of hydrogen-bond donors (Lipinski definition) is 2. The summed E-state index contributed by atoms with van der Waals surface area (Å²) in [4.78, 5) is 33.8. The van der Waals surface area contributed by atoms with E-state index in [1.807, 2.05) is 34.0 Å². The van der Waals surface area contributed by atoms with Crippen LogP contribution in [0.3, 0.4) is 0 Å². The lowest BCUT2D eigenvalue weighted by molar-refractivity contribution is 0.0490. The molecule has 2 aromatic heterocycles. The van der Waals surface area contributed by atoms with Crippen molar-refractivity contribution in [1.82, 2.24) is 25.1 Å². The Hall–Kier alpha value is -3.17. The molecule has 0 unspecified atom stereocenters. The second-order valence-electron chi connectivity index (χ2n) is 8.47. The van der Waals surface area contributed by atoms with Gasteiger partial charge in [-0.15, -0.1) is 0 Å². The second-order valence-corrected chi connectivity index (χ2v) is 8.47. The average Bonchev–Trinajstić information content (AvgIpc) is 3.08. The summed E-state index contributed by atoms with van der Waals surface area (Å²) in [5.41, 5.74) is 0.886. The van der Waals surface area contributed by atoms with Gasteiger partial charge >= 0.3 is 12.2 Å². The fraction of sp³-hybridized carbons (Fsp3) is 0.550. The van der Waals surface area contributed by atoms with Crippen molar-refractivity contribution in [2.24, 2.45) is 7.05 Å². The number of anilines is 1. The first-order valence-electron chi connectivity index (χ1n) is 9.95. The quantitative estimate of drug-likeness (QED) is 0.784. The van der Waals surface area contributed by atoms with Crippen LogP contribution in [-0.2, 0) is 11.8 Å². The maximum absolute atomic E-state index is 12.0. The van der Waals surface area contributed by atoms with Crippen molar-refractivity contribution in [3.05, 3.63) is 24.8 Å². The Kier molecular flexibility index (Phi) is 6.23. The SMILES string of the molecule is Cn1cc(-c2cnc(N(C(=O)O)C3CCC(NC(=O)OC(C)(C)C)CC3)cn2)cn1. The number of aryl methyl sites for hydroxylation is 1. The first kappa shape index (κ1) is 21.5. The Balaban J connectivity index is 1.62. The minimum atomic E-state index is -1.07. The smallest absolute Gasteiger partial charge is 0.413 e. The van der Waals surface area contributed by atoms with Gasteiger partial charge in [0.2, 0.25) is 0 Å². The molecular weight excluding hydrogens is 388 g/mol. The third kappa shape index (κ3) is 5.46. The summed E-state index contributed by atoms with van der Waals surface area (Å²) in [6.07, 6.45) is 7.55. The summed E-state index contributed by atoms with van der Waals surface area (Å²) < 4.78 is 6.96. The monoisotopic (exact) mass is 416 g/mol. The molecule has 1 saturated carbocycles. The van der Waals surface area contributed by atoms with Crippen molar-refractivity contribution in [3.63, 3.8) is 0 Å². The number of amides is 2. The topological polar surface area (TPSA) is 122 Å². The summed E-state index contributed by atoms with van der Waals surface area (Å²) in [7, 11) is 1.81. The normalized spacial score (nSPS) is 19.2. The maximum Gasteiger partial charge on any atom is 0.413 e. The van der Waals surface area contributed by atoms with E-state index in [2.05, 4.69) is 20.4 Å². The van der Waals surface area contributed by atoms with E-state index in [-0.39, 0.29) is 12.1 Å². The third-order valence-corrected chi connectivity index (χ3v) is 4.87. The standard InChI is InChI=1S/C20H28N6O4/c1-20(2,3)30-18(27)24-14-5-7-15(8-6-14)26(19(28)29)17-11-21-16(10-22-17)13-9-23-25(4)12-13/h9-12,14-15H,5-8H2,1-4H3,(H,24,27)(H,28,29). The van der Waals surface area contributed by atoms with Gasteiger partial charge < -0.3 is 15.2 Å². The molecular formula is C20H28N6O4. The Morgan fingerprint density at radius 1 is 1.17 bits per heavy atom. The highest BCUT2D eigenvalue weighted by Crippen LogP contribution is 2.27. The highest BCUT2D eigenvalue weighted by molar-refractivity contribution is 5.85. The number of carbonyl (C=O) groups is 2. The van der Waals surface area contributed by atoms with Crippen LogP contribution < -0.4 is 10.2 Å². The molecule has 2 amide bonds. The highest BCUT2D eigenvalue weighted by Gasteiger charge is 2.32. The zero-order chi connectivity index (χ0) is 21.9. The molecule has 1 aliphatic carbocycles. The zero-order valence-electron chi connectivity index (χ0n) is 17.7. The maximum atomic E-state index is 12.0. The number of nitrogens with zero attached hydrogens (tertiary/aromatic N) is 5. The van der Waals surface area contributed by atoms with Crippen LogP contribution in [0.25, 0.3) is 11.3 Å². The van der Waals surface area contributed by atoms with E-state index in [0.29, 0.717) is 37.2 Å². The van der Waals surface area contributed by atoms with Crippen LogP contribution in [0.5, 0.6) is 0 Å². The van der Waals surface area contributed by atoms with Crippen LogP contribution in [0, 0.1) is 0 Å². The van der Waals surface area contributed by atoms with Gasteiger partial charge in [0.15, 0.2) is 5.82 Å². The van der Waals surface area contributed by atoms with Crippen molar-refractivity contribution in [1.29, 1.82) is 0 Å². The predicted molar refractivity (Wildman–Crippen MR) is 110 cm³/mol. The largest absolute Gasteiger partial charge is 0.465 e. The van der Waals surface area contributed by atoms with Gasteiger partial charge in [-0.2, -0.15) is 5.10 Å². The molecule has 0 bridgehead atoms. The number of carboxylic acid groups (broad SMARTS) is 1. The zero-order valence-corrected chi connectivity index (χ0v) is 17.7. The molecule has 0 radical (unpaired) electrons. The van der Waals surface area contributed by atoms with Crippen LogP contribution in [0.4, 0.5) is 15.4 Å². The summed E-state index contributed by atoms with van der Waals surface area (Å²) in [5, 5.41) is 16.7. The van der Waals surface area contributed by atoms with Gasteiger partial charge in [-0.1, -0.05) is 0 Å². The molecule has 10 nitrogen and oxygen atoms in total. The lowest BCUT2D eigenvalue weighted by Crippen LogP contribution is -2.47. The number of carbonyl (C=O) groups excluding carboxylic acids is 1. The lowest BCUT2D eigenvalue weighted by atomic mass is 9.90. The number of alkyl carbamates (subject to hydrolysis) is 1. The number of nitrogens with one attached hydrogen (secondary N) is 1. The average molecular weight is 416 g/mol. The Bertz CT molecular complexity index is 881. The molecule has 0 atom stereocenters. The number of ether oxygens (including phenoxy) is 1. The molecule has 2 N–H and O–H groups in total. The van der Waals surface area contributed by atoms with Crippen molar-refractivity contribution in [3.8, 4) is 11.3 Å². The molecule has 1 fully saturated rings. The molecule has 0 saturated heterocycles. The number of aromatic nitrogens is 4. The van der Waals surface area contributed by atoms with Gasteiger partial charge in [0.1, 0.15) is 5.60 Å². The van der Waals surface area contributed by atoms with E-state index >= 15 is 0 Å². The summed E-state index contributed by atoms with van der Waals surface area (Å²) in [6.45, 7) is 5.44. The lowest BCUT2D eigenvalue weighted by Gasteiger charge is -2.35. The first-order chi connectivity index (χ1) is 14.1. The first-order valence-corrected chi connectivity index (χ1v) is 9.95. The molecule has 0 aliphatic heterocycles. The fourth-order valence-corrected chi connectivity index (χ4v) is 3.54. The van der Waals surface area contributed by atoms with Crippen molar-refractivity contribution in [2.45, 2.75) is 64.1 Å². The van der Waals surface area contributed by atoms with Crippen LogP contribution in [0.1, 0.15) is 46.5 Å². The van der Waals surface area contributed by atoms with Gasteiger partial charge in [0, 0.05) is 30.9 Å². The van der Waals surface area contributed by atoms with Gasteiger partial charge in [-0.25, -0.2) is 14.6 Å². The highest BCUT2D eigenvalue weighted by atomic mass is 16.6. The Morgan fingerprint density at radius 2 is 1.87 bits per heavy atom. The molecule has 1 aliphatic rings. The predicted octanol–water partition coefficient (Wildman–Crippen LogP) is 3.20. The van der Waals surface area contributed by atoms with Crippen molar-refractivity contribution in [2.75, 3.05) is 4.90 Å². The van der Waals surface area contributed by atoms with E-state index in [1.165, 1.54) is 11.1 Å². The molecule has 0 spiro atoms. The number of hydrogen-bond acceptors (Lipinski definition) is 6. The van der Waals surface area contributed by atoms with Crippen LogP contribution in [0.15, 0.2) is 24.8 Å². The Labute approximate surface area is 175 Å².